The summed E-state index contributed by atoms with van der Waals surface area (Å²) in [5.74, 6) is -1.04. The second-order valence-corrected chi connectivity index (χ2v) is 4.01. The molecule has 0 aromatic rings. The Morgan fingerprint density at radius 3 is 2.47 bits per heavy atom. The molecule has 0 spiro atoms. The van der Waals surface area contributed by atoms with Crippen LogP contribution >= 0.6 is 0 Å². The van der Waals surface area contributed by atoms with Crippen molar-refractivity contribution in [1.29, 1.82) is 0 Å². The molecule has 0 bridgehead atoms. The molecule has 0 aromatic carbocycles. The highest BCUT2D eigenvalue weighted by atomic mass is 16.4. The van der Waals surface area contributed by atoms with E-state index in [4.69, 9.17) is 10.2 Å². The third-order valence-electron chi connectivity index (χ3n) is 2.73. The second kappa shape index (κ2) is 5.70. The van der Waals surface area contributed by atoms with Gasteiger partial charge in [-0.25, -0.2) is 4.79 Å². The van der Waals surface area contributed by atoms with E-state index < -0.39 is 12.1 Å². The van der Waals surface area contributed by atoms with Gasteiger partial charge in [0.25, 0.3) is 0 Å². The summed E-state index contributed by atoms with van der Waals surface area (Å²) in [7, 11) is 0. The van der Waals surface area contributed by atoms with Crippen LogP contribution in [0.4, 0.5) is 0 Å². The lowest BCUT2D eigenvalue weighted by Gasteiger charge is -2.10. The molecule has 0 radical (unpaired) electrons. The molecular formula is C10H17NO4. The van der Waals surface area contributed by atoms with Crippen molar-refractivity contribution in [3.8, 4) is 0 Å². The first kappa shape index (κ1) is 12.0. The Bertz CT molecular complexity index is 236. The molecule has 1 rings (SSSR count). The standard InChI is InChI=1S/C10H17NO4/c12-8(10(14)15)6-11-9(13)5-7-3-1-2-4-7/h7-8,12H,1-6H2,(H,11,13)(H,14,15)/t8-/m0/s1. The molecule has 1 saturated carbocycles. The summed E-state index contributed by atoms with van der Waals surface area (Å²) in [5, 5.41) is 19.7. The molecule has 5 nitrogen and oxygen atoms in total. The first-order valence-electron chi connectivity index (χ1n) is 5.27. The van der Waals surface area contributed by atoms with Gasteiger partial charge in [-0.3, -0.25) is 4.79 Å². The van der Waals surface area contributed by atoms with Crippen molar-refractivity contribution in [3.63, 3.8) is 0 Å². The van der Waals surface area contributed by atoms with Gasteiger partial charge in [-0.2, -0.15) is 0 Å². The van der Waals surface area contributed by atoms with E-state index in [2.05, 4.69) is 5.32 Å². The molecule has 1 atom stereocenters. The van der Waals surface area contributed by atoms with Crippen LogP contribution in [0.2, 0.25) is 0 Å². The summed E-state index contributed by atoms with van der Waals surface area (Å²) in [4.78, 5) is 21.6. The monoisotopic (exact) mass is 215 g/mol. The lowest BCUT2D eigenvalue weighted by molar-refractivity contribution is -0.146. The zero-order chi connectivity index (χ0) is 11.3. The van der Waals surface area contributed by atoms with E-state index in [1.807, 2.05) is 0 Å². The normalized spacial score (nSPS) is 18.7. The van der Waals surface area contributed by atoms with E-state index in [1.165, 1.54) is 12.8 Å². The Balaban J connectivity index is 2.15. The first-order valence-corrected chi connectivity index (χ1v) is 5.27. The predicted octanol–water partition coefficient (Wildman–Crippen LogP) is 0.128. The fourth-order valence-electron chi connectivity index (χ4n) is 1.85. The first-order chi connectivity index (χ1) is 7.09. The van der Waals surface area contributed by atoms with Crippen molar-refractivity contribution in [1.82, 2.24) is 5.32 Å². The van der Waals surface area contributed by atoms with Crippen LogP contribution in [-0.2, 0) is 9.59 Å². The van der Waals surface area contributed by atoms with Crippen molar-refractivity contribution in [2.75, 3.05) is 6.54 Å². The van der Waals surface area contributed by atoms with Crippen LogP contribution in [0.15, 0.2) is 0 Å². The SMILES string of the molecule is O=C(CC1CCCC1)NC[C@H](O)C(=O)O. The quantitative estimate of drug-likeness (QED) is 0.608. The van der Waals surface area contributed by atoms with Gasteiger partial charge in [0.1, 0.15) is 0 Å². The molecule has 5 heteroatoms. The lowest BCUT2D eigenvalue weighted by Crippen LogP contribution is -2.37. The third kappa shape index (κ3) is 4.29. The minimum absolute atomic E-state index is 0.165. The summed E-state index contributed by atoms with van der Waals surface area (Å²) in [6.45, 7) is -0.207. The van der Waals surface area contributed by atoms with E-state index >= 15 is 0 Å². The predicted molar refractivity (Wildman–Crippen MR) is 53.2 cm³/mol. The van der Waals surface area contributed by atoms with Crippen LogP contribution in [0, 0.1) is 5.92 Å². The average Bonchev–Trinajstić information content (AvgIpc) is 2.66. The smallest absolute Gasteiger partial charge is 0.334 e. The summed E-state index contributed by atoms with van der Waals surface area (Å²) < 4.78 is 0. The van der Waals surface area contributed by atoms with Crippen molar-refractivity contribution in [2.45, 2.75) is 38.2 Å². The minimum atomic E-state index is -1.50. The van der Waals surface area contributed by atoms with Crippen molar-refractivity contribution in [3.05, 3.63) is 0 Å². The summed E-state index contributed by atoms with van der Waals surface area (Å²) in [6, 6.07) is 0. The van der Waals surface area contributed by atoms with Crippen LogP contribution in [0.25, 0.3) is 0 Å². The number of aliphatic hydroxyl groups is 1. The van der Waals surface area contributed by atoms with Crippen molar-refractivity contribution < 1.29 is 19.8 Å². The highest BCUT2D eigenvalue weighted by molar-refractivity contribution is 5.78. The van der Waals surface area contributed by atoms with Gasteiger partial charge in [-0.05, 0) is 18.8 Å². The molecule has 1 aliphatic rings. The Morgan fingerprint density at radius 1 is 1.33 bits per heavy atom. The Labute approximate surface area is 88.5 Å². The molecule has 0 aliphatic heterocycles. The summed E-state index contributed by atoms with van der Waals surface area (Å²) in [6.07, 6.45) is 3.46. The highest BCUT2D eigenvalue weighted by Gasteiger charge is 2.19. The number of aliphatic hydroxyl groups excluding tert-OH is 1. The van der Waals surface area contributed by atoms with E-state index in [-0.39, 0.29) is 12.5 Å². The number of hydrogen-bond donors (Lipinski definition) is 3. The second-order valence-electron chi connectivity index (χ2n) is 4.01. The molecule has 0 heterocycles. The Hall–Kier alpha value is -1.10. The molecule has 3 N–H and O–H groups in total. The number of carboxylic acids is 1. The molecule has 86 valence electrons. The van der Waals surface area contributed by atoms with Gasteiger partial charge in [0, 0.05) is 6.42 Å². The van der Waals surface area contributed by atoms with Crippen LogP contribution in [-0.4, -0.2) is 34.7 Å². The number of aliphatic carboxylic acids is 1. The maximum atomic E-state index is 11.3. The molecular weight excluding hydrogens is 198 g/mol. The van der Waals surface area contributed by atoms with Gasteiger partial charge in [0.2, 0.25) is 5.91 Å². The number of rotatable bonds is 5. The Morgan fingerprint density at radius 2 is 1.93 bits per heavy atom. The van der Waals surface area contributed by atoms with Crippen LogP contribution < -0.4 is 5.32 Å². The van der Waals surface area contributed by atoms with Crippen LogP contribution in [0.5, 0.6) is 0 Å². The number of carbonyl (C=O) groups is 2. The highest BCUT2D eigenvalue weighted by Crippen LogP contribution is 2.27. The van der Waals surface area contributed by atoms with Crippen molar-refractivity contribution in [2.24, 2.45) is 5.92 Å². The average molecular weight is 215 g/mol. The maximum absolute atomic E-state index is 11.3. The van der Waals surface area contributed by atoms with E-state index in [0.717, 1.165) is 12.8 Å². The van der Waals surface area contributed by atoms with E-state index in [0.29, 0.717) is 12.3 Å². The topological polar surface area (TPSA) is 86.6 Å². The number of carbonyl (C=O) groups excluding carboxylic acids is 1. The Kier molecular flexibility index (Phi) is 4.55. The van der Waals surface area contributed by atoms with Gasteiger partial charge < -0.3 is 15.5 Å². The molecule has 1 fully saturated rings. The summed E-state index contributed by atoms with van der Waals surface area (Å²) in [5.41, 5.74) is 0. The molecule has 1 amide bonds. The van der Waals surface area contributed by atoms with Gasteiger partial charge in [-0.15, -0.1) is 0 Å². The molecule has 1 aliphatic carbocycles. The van der Waals surface area contributed by atoms with Crippen LogP contribution in [0.3, 0.4) is 0 Å². The fourth-order valence-corrected chi connectivity index (χ4v) is 1.85. The van der Waals surface area contributed by atoms with E-state index in [1.54, 1.807) is 0 Å². The number of amides is 1. The van der Waals surface area contributed by atoms with Crippen molar-refractivity contribution >= 4 is 11.9 Å². The zero-order valence-corrected chi connectivity index (χ0v) is 8.61. The maximum Gasteiger partial charge on any atom is 0.334 e. The van der Waals surface area contributed by atoms with E-state index in [9.17, 15) is 9.59 Å². The summed E-state index contributed by atoms with van der Waals surface area (Å²) >= 11 is 0. The fraction of sp³-hybridized carbons (Fsp3) is 0.800. The third-order valence-corrected chi connectivity index (χ3v) is 2.73. The van der Waals surface area contributed by atoms with Gasteiger partial charge in [-0.1, -0.05) is 12.8 Å². The van der Waals surface area contributed by atoms with Gasteiger partial charge >= 0.3 is 5.97 Å². The van der Waals surface area contributed by atoms with Gasteiger partial charge in [0.15, 0.2) is 6.10 Å². The minimum Gasteiger partial charge on any atom is -0.479 e. The number of hydrogen-bond acceptors (Lipinski definition) is 3. The number of nitrogens with one attached hydrogen (secondary N) is 1. The molecule has 0 unspecified atom stereocenters. The molecule has 15 heavy (non-hydrogen) atoms. The van der Waals surface area contributed by atoms with Gasteiger partial charge in [0.05, 0.1) is 6.54 Å². The largest absolute Gasteiger partial charge is 0.479 e. The number of carboxylic acid groups (broad SMARTS) is 1. The zero-order valence-electron chi connectivity index (χ0n) is 8.61. The lowest BCUT2D eigenvalue weighted by atomic mass is 10.0. The molecule has 0 saturated heterocycles. The van der Waals surface area contributed by atoms with Crippen LogP contribution in [0.1, 0.15) is 32.1 Å². The molecule has 0 aromatic heterocycles.